The lowest BCUT2D eigenvalue weighted by molar-refractivity contribution is 0.324. The lowest BCUT2D eigenvalue weighted by Crippen LogP contribution is -2.28. The molecule has 2 aromatic carbocycles. The van der Waals surface area contributed by atoms with E-state index in [2.05, 4.69) is 24.0 Å². The molecule has 0 aliphatic rings. The summed E-state index contributed by atoms with van der Waals surface area (Å²) in [5, 5.41) is 0. The van der Waals surface area contributed by atoms with Crippen LogP contribution in [0.2, 0.25) is 0 Å². The minimum atomic E-state index is -4.66. The number of aryl methyl sites for hydroxylation is 1. The Labute approximate surface area is 136 Å². The van der Waals surface area contributed by atoms with Crippen LogP contribution in [0.4, 0.5) is 9.57 Å². The van der Waals surface area contributed by atoms with E-state index in [1.54, 1.807) is 0 Å². The number of halogens is 1. The smallest absolute Gasteiger partial charge is 0.332 e. The molecular formula is C17H20FNO3S. The Bertz CT molecular complexity index is 745. The molecule has 124 valence electrons. The summed E-state index contributed by atoms with van der Waals surface area (Å²) in [6.07, 6.45) is 0. The van der Waals surface area contributed by atoms with Crippen molar-refractivity contribution in [2.75, 3.05) is 24.6 Å². The van der Waals surface area contributed by atoms with Crippen LogP contribution in [-0.4, -0.2) is 28.1 Å². The lowest BCUT2D eigenvalue weighted by atomic mass is 10.2. The Balaban J connectivity index is 1.93. The molecule has 0 saturated heterocycles. The zero-order valence-corrected chi connectivity index (χ0v) is 14.0. The molecule has 0 radical (unpaired) electrons. The highest BCUT2D eigenvalue weighted by Gasteiger charge is 2.11. The van der Waals surface area contributed by atoms with Crippen LogP contribution >= 0.6 is 0 Å². The van der Waals surface area contributed by atoms with Crippen LogP contribution in [0.25, 0.3) is 0 Å². The average molecular weight is 337 g/mol. The third-order valence-electron chi connectivity index (χ3n) is 3.48. The van der Waals surface area contributed by atoms with E-state index in [1.165, 1.54) is 29.8 Å². The Morgan fingerprint density at radius 1 is 1.13 bits per heavy atom. The zero-order valence-electron chi connectivity index (χ0n) is 13.2. The number of anilines is 1. The predicted molar refractivity (Wildman–Crippen MR) is 89.3 cm³/mol. The number of hydrogen-bond donors (Lipinski definition) is 0. The monoisotopic (exact) mass is 337 g/mol. The van der Waals surface area contributed by atoms with Gasteiger partial charge >= 0.3 is 10.2 Å². The number of likely N-dealkylation sites (N-methyl/N-ethyl adjacent to an activating group) is 1. The van der Waals surface area contributed by atoms with Gasteiger partial charge in [0.25, 0.3) is 0 Å². The molecule has 6 heteroatoms. The summed E-state index contributed by atoms with van der Waals surface area (Å²) in [5.74, 6) is 0.512. The Morgan fingerprint density at radius 2 is 1.83 bits per heavy atom. The Hall–Kier alpha value is -2.08. The number of hydrogen-bond acceptors (Lipinski definition) is 4. The van der Waals surface area contributed by atoms with E-state index in [4.69, 9.17) is 4.74 Å². The van der Waals surface area contributed by atoms with E-state index in [-0.39, 0.29) is 4.90 Å². The summed E-state index contributed by atoms with van der Waals surface area (Å²) in [4.78, 5) is 1.83. The van der Waals surface area contributed by atoms with Gasteiger partial charge in [-0.2, -0.15) is 8.42 Å². The van der Waals surface area contributed by atoms with Crippen molar-refractivity contribution < 1.29 is 17.0 Å². The lowest BCUT2D eigenvalue weighted by Gasteiger charge is -2.23. The van der Waals surface area contributed by atoms with E-state index in [1.807, 2.05) is 19.1 Å². The minimum Gasteiger partial charge on any atom is -0.492 e. The normalized spacial score (nSPS) is 11.3. The number of benzene rings is 2. The summed E-state index contributed by atoms with van der Waals surface area (Å²) < 4.78 is 39.9. The van der Waals surface area contributed by atoms with Crippen molar-refractivity contribution in [3.05, 3.63) is 54.1 Å². The Kier molecular flexibility index (Phi) is 5.60. The number of nitrogens with zero attached hydrogens (tertiary/aromatic N) is 1. The summed E-state index contributed by atoms with van der Waals surface area (Å²) in [6.45, 7) is 6.12. The minimum absolute atomic E-state index is 0.361. The van der Waals surface area contributed by atoms with E-state index in [0.29, 0.717) is 18.9 Å². The van der Waals surface area contributed by atoms with Gasteiger partial charge in [-0.3, -0.25) is 0 Å². The molecule has 0 saturated carbocycles. The molecule has 0 heterocycles. The second-order valence-electron chi connectivity index (χ2n) is 5.18. The fourth-order valence-corrected chi connectivity index (χ4v) is 2.73. The molecule has 23 heavy (non-hydrogen) atoms. The van der Waals surface area contributed by atoms with Crippen molar-refractivity contribution in [2.45, 2.75) is 18.7 Å². The summed E-state index contributed by atoms with van der Waals surface area (Å²) in [6, 6.07) is 13.5. The van der Waals surface area contributed by atoms with Gasteiger partial charge in [0.15, 0.2) is 0 Å². The molecule has 0 atom stereocenters. The maximum absolute atomic E-state index is 12.8. The van der Waals surface area contributed by atoms with Crippen LogP contribution in [-0.2, 0) is 10.2 Å². The first-order valence-corrected chi connectivity index (χ1v) is 8.77. The third kappa shape index (κ3) is 4.96. The van der Waals surface area contributed by atoms with Gasteiger partial charge < -0.3 is 9.64 Å². The molecule has 0 N–H and O–H groups in total. The van der Waals surface area contributed by atoms with Gasteiger partial charge in [-0.1, -0.05) is 12.1 Å². The van der Waals surface area contributed by atoms with E-state index in [9.17, 15) is 12.3 Å². The molecule has 0 aliphatic carbocycles. The standard InChI is InChI=1S/C17H20FNO3S/c1-3-19(15-6-4-5-14(2)13-15)11-12-22-16-7-9-17(10-8-16)23(18,20)21/h4-10,13H,3,11-12H2,1-2H3. The molecule has 0 aliphatic heterocycles. The number of rotatable bonds is 7. The van der Waals surface area contributed by atoms with Crippen molar-refractivity contribution in [1.82, 2.24) is 0 Å². The first kappa shape index (κ1) is 17.3. The van der Waals surface area contributed by atoms with Crippen LogP contribution in [0.3, 0.4) is 0 Å². The molecule has 4 nitrogen and oxygen atoms in total. The molecule has 0 fully saturated rings. The van der Waals surface area contributed by atoms with Gasteiger partial charge in [0.1, 0.15) is 12.4 Å². The summed E-state index contributed by atoms with van der Waals surface area (Å²) in [7, 11) is -4.66. The van der Waals surface area contributed by atoms with Crippen LogP contribution in [0.1, 0.15) is 12.5 Å². The third-order valence-corrected chi connectivity index (χ3v) is 4.32. The van der Waals surface area contributed by atoms with Crippen molar-refractivity contribution >= 4 is 15.9 Å². The second-order valence-corrected chi connectivity index (χ2v) is 6.52. The van der Waals surface area contributed by atoms with Gasteiger partial charge in [-0.05, 0) is 55.8 Å². The van der Waals surface area contributed by atoms with Crippen LogP contribution in [0.5, 0.6) is 5.75 Å². The van der Waals surface area contributed by atoms with E-state index >= 15 is 0 Å². The predicted octanol–water partition coefficient (Wildman–Crippen LogP) is 3.56. The number of ether oxygens (including phenoxy) is 1. The highest BCUT2D eigenvalue weighted by atomic mass is 32.3. The fourth-order valence-electron chi connectivity index (χ4n) is 2.27. The van der Waals surface area contributed by atoms with Gasteiger partial charge in [0.2, 0.25) is 0 Å². The van der Waals surface area contributed by atoms with Crippen molar-refractivity contribution in [3.8, 4) is 5.75 Å². The zero-order chi connectivity index (χ0) is 16.9. The first-order valence-electron chi connectivity index (χ1n) is 7.39. The van der Waals surface area contributed by atoms with E-state index in [0.717, 1.165) is 12.2 Å². The summed E-state index contributed by atoms with van der Waals surface area (Å²) >= 11 is 0. The highest BCUT2D eigenvalue weighted by Crippen LogP contribution is 2.18. The van der Waals surface area contributed by atoms with Gasteiger partial charge in [0, 0.05) is 12.2 Å². The van der Waals surface area contributed by atoms with Gasteiger partial charge in [-0.15, -0.1) is 3.89 Å². The van der Waals surface area contributed by atoms with Crippen LogP contribution in [0.15, 0.2) is 53.4 Å². The van der Waals surface area contributed by atoms with Gasteiger partial charge in [-0.25, -0.2) is 0 Å². The molecule has 2 aromatic rings. The quantitative estimate of drug-likeness (QED) is 0.725. The molecule has 2 rings (SSSR count). The van der Waals surface area contributed by atoms with Gasteiger partial charge in [0.05, 0.1) is 11.4 Å². The average Bonchev–Trinajstić information content (AvgIpc) is 2.51. The summed E-state index contributed by atoms with van der Waals surface area (Å²) in [5.41, 5.74) is 2.33. The molecule has 0 unspecified atom stereocenters. The second kappa shape index (κ2) is 7.46. The van der Waals surface area contributed by atoms with E-state index < -0.39 is 10.2 Å². The molecular weight excluding hydrogens is 317 g/mol. The molecule has 0 spiro atoms. The molecule has 0 aromatic heterocycles. The van der Waals surface area contributed by atoms with Crippen LogP contribution < -0.4 is 9.64 Å². The maximum atomic E-state index is 12.8. The van der Waals surface area contributed by atoms with Crippen molar-refractivity contribution in [2.24, 2.45) is 0 Å². The SMILES string of the molecule is CCN(CCOc1ccc(S(=O)(=O)F)cc1)c1cccc(C)c1. The van der Waals surface area contributed by atoms with Crippen molar-refractivity contribution in [1.29, 1.82) is 0 Å². The Morgan fingerprint density at radius 3 is 2.39 bits per heavy atom. The first-order chi connectivity index (χ1) is 10.9. The fraction of sp³-hybridized carbons (Fsp3) is 0.294. The highest BCUT2D eigenvalue weighted by molar-refractivity contribution is 7.86. The molecule has 0 bridgehead atoms. The van der Waals surface area contributed by atoms with Crippen LogP contribution in [0, 0.1) is 6.92 Å². The maximum Gasteiger partial charge on any atom is 0.332 e. The van der Waals surface area contributed by atoms with Crippen molar-refractivity contribution in [3.63, 3.8) is 0 Å². The topological polar surface area (TPSA) is 46.6 Å². The molecule has 0 amide bonds. The largest absolute Gasteiger partial charge is 0.492 e.